The van der Waals surface area contributed by atoms with Gasteiger partial charge in [0.25, 0.3) is 0 Å². The van der Waals surface area contributed by atoms with Crippen LogP contribution in [0.1, 0.15) is 13.3 Å². The highest BCUT2D eigenvalue weighted by molar-refractivity contribution is 7.89. The van der Waals surface area contributed by atoms with Crippen LogP contribution < -0.4 is 10.0 Å². The third-order valence-electron chi connectivity index (χ3n) is 3.30. The molecule has 0 aromatic heterocycles. The number of halogens is 2. The van der Waals surface area contributed by atoms with Crippen molar-refractivity contribution in [2.75, 3.05) is 13.1 Å². The maximum Gasteiger partial charge on any atom is 0.242 e. The van der Waals surface area contributed by atoms with E-state index in [-0.39, 0.29) is 26.9 Å². The van der Waals surface area contributed by atoms with Crippen LogP contribution in [0.4, 0.5) is 0 Å². The first kappa shape index (κ1) is 15.1. The highest BCUT2D eigenvalue weighted by atomic mass is 35.5. The van der Waals surface area contributed by atoms with Crippen LogP contribution in [0.3, 0.4) is 0 Å². The third kappa shape index (κ3) is 3.41. The lowest BCUT2D eigenvalue weighted by Crippen LogP contribution is -2.48. The van der Waals surface area contributed by atoms with E-state index in [2.05, 4.69) is 10.0 Å². The van der Waals surface area contributed by atoms with E-state index in [1.54, 1.807) is 12.1 Å². The van der Waals surface area contributed by atoms with Crippen molar-refractivity contribution in [2.24, 2.45) is 5.92 Å². The van der Waals surface area contributed by atoms with Gasteiger partial charge in [0.05, 0.1) is 10.0 Å². The van der Waals surface area contributed by atoms with E-state index in [1.807, 2.05) is 6.92 Å². The molecule has 1 fully saturated rings. The summed E-state index contributed by atoms with van der Waals surface area (Å²) in [6.45, 7) is 3.62. The van der Waals surface area contributed by atoms with E-state index in [0.29, 0.717) is 0 Å². The number of piperidine rings is 1. The Bertz CT molecular complexity index is 563. The van der Waals surface area contributed by atoms with Crippen LogP contribution in [0.15, 0.2) is 23.1 Å². The SMILES string of the molecule is CC1CNCCC1NS(=O)(=O)c1cccc(Cl)c1Cl. The van der Waals surface area contributed by atoms with Crippen LogP contribution in [0, 0.1) is 5.92 Å². The summed E-state index contributed by atoms with van der Waals surface area (Å²) in [7, 11) is -3.64. The van der Waals surface area contributed by atoms with Crippen molar-refractivity contribution >= 4 is 33.2 Å². The molecule has 1 aromatic rings. The molecule has 2 atom stereocenters. The molecule has 1 aliphatic rings. The Morgan fingerprint density at radius 2 is 2.11 bits per heavy atom. The van der Waals surface area contributed by atoms with Gasteiger partial charge in [0.2, 0.25) is 10.0 Å². The van der Waals surface area contributed by atoms with Gasteiger partial charge in [-0.1, -0.05) is 36.2 Å². The first-order valence-electron chi connectivity index (χ1n) is 6.09. The zero-order valence-electron chi connectivity index (χ0n) is 10.5. The highest BCUT2D eigenvalue weighted by Crippen LogP contribution is 2.29. The Kier molecular flexibility index (Phi) is 4.74. The first-order chi connectivity index (χ1) is 8.92. The van der Waals surface area contributed by atoms with Gasteiger partial charge < -0.3 is 5.32 Å². The Hall–Kier alpha value is -0.330. The third-order valence-corrected chi connectivity index (χ3v) is 5.76. The molecule has 0 saturated carbocycles. The van der Waals surface area contributed by atoms with E-state index in [9.17, 15) is 8.42 Å². The lowest BCUT2D eigenvalue weighted by atomic mass is 9.97. The molecule has 0 amide bonds. The quantitative estimate of drug-likeness (QED) is 0.897. The molecule has 1 heterocycles. The van der Waals surface area contributed by atoms with Crippen molar-refractivity contribution in [1.82, 2.24) is 10.0 Å². The zero-order valence-corrected chi connectivity index (χ0v) is 12.8. The van der Waals surface area contributed by atoms with Gasteiger partial charge in [0, 0.05) is 6.04 Å². The van der Waals surface area contributed by atoms with Crippen molar-refractivity contribution in [3.63, 3.8) is 0 Å². The fourth-order valence-electron chi connectivity index (χ4n) is 2.14. The lowest BCUT2D eigenvalue weighted by molar-refractivity contribution is 0.328. The zero-order chi connectivity index (χ0) is 14.0. The van der Waals surface area contributed by atoms with Crippen LogP contribution >= 0.6 is 23.2 Å². The van der Waals surface area contributed by atoms with Gasteiger partial charge in [-0.3, -0.25) is 0 Å². The van der Waals surface area contributed by atoms with Crippen LogP contribution in [0.25, 0.3) is 0 Å². The molecular formula is C12H16Cl2N2O2S. The molecule has 0 bridgehead atoms. The Balaban J connectivity index is 2.25. The van der Waals surface area contributed by atoms with Gasteiger partial charge in [-0.25, -0.2) is 13.1 Å². The smallest absolute Gasteiger partial charge is 0.242 e. The lowest BCUT2D eigenvalue weighted by Gasteiger charge is -2.30. The summed E-state index contributed by atoms with van der Waals surface area (Å²) in [6, 6.07) is 4.52. The molecule has 4 nitrogen and oxygen atoms in total. The van der Waals surface area contributed by atoms with Crippen molar-refractivity contribution in [2.45, 2.75) is 24.3 Å². The largest absolute Gasteiger partial charge is 0.316 e. The number of benzene rings is 1. The van der Waals surface area contributed by atoms with Gasteiger partial charge in [-0.2, -0.15) is 0 Å². The highest BCUT2D eigenvalue weighted by Gasteiger charge is 2.28. The van der Waals surface area contributed by atoms with E-state index < -0.39 is 10.0 Å². The average molecular weight is 323 g/mol. The van der Waals surface area contributed by atoms with Crippen molar-refractivity contribution in [3.8, 4) is 0 Å². The van der Waals surface area contributed by atoms with Gasteiger partial charge in [0.15, 0.2) is 0 Å². The van der Waals surface area contributed by atoms with E-state index in [1.165, 1.54) is 6.07 Å². The maximum atomic E-state index is 12.3. The number of hydrogen-bond donors (Lipinski definition) is 2. The molecule has 1 aromatic carbocycles. The van der Waals surface area contributed by atoms with Crippen LogP contribution in [-0.4, -0.2) is 27.5 Å². The molecule has 0 radical (unpaired) electrons. The maximum absolute atomic E-state index is 12.3. The van der Waals surface area contributed by atoms with Crippen LogP contribution in [0.5, 0.6) is 0 Å². The second kappa shape index (κ2) is 5.97. The fourth-order valence-corrected chi connectivity index (χ4v) is 4.28. The second-order valence-electron chi connectivity index (χ2n) is 4.75. The Morgan fingerprint density at radius 1 is 1.37 bits per heavy atom. The van der Waals surface area contributed by atoms with E-state index >= 15 is 0 Å². The minimum Gasteiger partial charge on any atom is -0.316 e. The van der Waals surface area contributed by atoms with Gasteiger partial charge in [-0.15, -0.1) is 0 Å². The molecule has 0 spiro atoms. The predicted molar refractivity (Wildman–Crippen MR) is 77.2 cm³/mol. The standard InChI is InChI=1S/C12H16Cl2N2O2S/c1-8-7-15-6-5-10(8)16-19(17,18)11-4-2-3-9(13)12(11)14/h2-4,8,10,15-16H,5-7H2,1H3. The van der Waals surface area contributed by atoms with Crippen LogP contribution in [-0.2, 0) is 10.0 Å². The number of sulfonamides is 1. The summed E-state index contributed by atoms with van der Waals surface area (Å²) in [5.74, 6) is 0.237. The van der Waals surface area contributed by atoms with Crippen molar-refractivity contribution in [1.29, 1.82) is 0 Å². The Morgan fingerprint density at radius 3 is 2.79 bits per heavy atom. The van der Waals surface area contributed by atoms with Gasteiger partial charge >= 0.3 is 0 Å². The van der Waals surface area contributed by atoms with Gasteiger partial charge in [-0.05, 0) is 37.6 Å². The summed E-state index contributed by atoms with van der Waals surface area (Å²) < 4.78 is 27.4. The number of hydrogen-bond acceptors (Lipinski definition) is 3. The molecule has 2 rings (SSSR count). The molecule has 1 saturated heterocycles. The predicted octanol–water partition coefficient (Wildman–Crippen LogP) is 2.27. The molecule has 19 heavy (non-hydrogen) atoms. The van der Waals surface area contributed by atoms with E-state index in [4.69, 9.17) is 23.2 Å². The molecule has 106 valence electrons. The number of rotatable bonds is 3. The fraction of sp³-hybridized carbons (Fsp3) is 0.500. The summed E-state index contributed by atoms with van der Waals surface area (Å²) in [5.41, 5.74) is 0. The minimum atomic E-state index is -3.64. The topological polar surface area (TPSA) is 58.2 Å². The molecule has 1 aliphatic heterocycles. The van der Waals surface area contributed by atoms with E-state index in [0.717, 1.165) is 19.5 Å². The Labute approximate surface area is 123 Å². The normalized spacial score (nSPS) is 24.4. The second-order valence-corrected chi connectivity index (χ2v) is 7.22. The molecule has 7 heteroatoms. The van der Waals surface area contributed by atoms with Crippen LogP contribution in [0.2, 0.25) is 10.0 Å². The molecule has 0 aliphatic carbocycles. The summed E-state index contributed by atoms with van der Waals surface area (Å²) in [5, 5.41) is 3.54. The van der Waals surface area contributed by atoms with Gasteiger partial charge in [0.1, 0.15) is 4.90 Å². The monoisotopic (exact) mass is 322 g/mol. The summed E-state index contributed by atoms with van der Waals surface area (Å²) in [6.07, 6.45) is 0.762. The summed E-state index contributed by atoms with van der Waals surface area (Å²) >= 11 is 11.8. The number of nitrogens with one attached hydrogen (secondary N) is 2. The average Bonchev–Trinajstić information content (AvgIpc) is 2.35. The molecule has 2 unspecified atom stereocenters. The molecule has 2 N–H and O–H groups in total. The van der Waals surface area contributed by atoms with Crippen molar-refractivity contribution in [3.05, 3.63) is 28.2 Å². The minimum absolute atomic E-state index is 0.0346. The first-order valence-corrected chi connectivity index (χ1v) is 8.33. The summed E-state index contributed by atoms with van der Waals surface area (Å²) in [4.78, 5) is 0.0346. The molecular weight excluding hydrogens is 307 g/mol. The van der Waals surface area contributed by atoms with Crippen molar-refractivity contribution < 1.29 is 8.42 Å².